The summed E-state index contributed by atoms with van der Waals surface area (Å²) in [6, 6.07) is 53.6. The maximum atomic E-state index is 10.7. The molecule has 0 bridgehead atoms. The molecule has 0 amide bonds. The first-order valence-corrected chi connectivity index (χ1v) is 25.4. The molecule has 0 saturated carbocycles. The summed E-state index contributed by atoms with van der Waals surface area (Å²) in [6.45, 7) is 0. The molecule has 0 spiro atoms. The molecule has 0 saturated heterocycles. The summed E-state index contributed by atoms with van der Waals surface area (Å²) in [5.41, 5.74) is 21.4. The van der Waals surface area contributed by atoms with Crippen molar-refractivity contribution < 1.29 is 14.6 Å². The van der Waals surface area contributed by atoms with Crippen LogP contribution in [0.3, 0.4) is 0 Å². The minimum Gasteiger partial charge on any atom is -0.472 e. The number of nitrogens with two attached hydrogens (primary N) is 1. The number of para-hydroxylation sites is 2. The largest absolute Gasteiger partial charge is 0.472 e. The third-order valence-electron chi connectivity index (χ3n) is 12.7. The van der Waals surface area contributed by atoms with E-state index in [1.165, 1.54) is 11.4 Å². The second kappa shape index (κ2) is 24.1. The molecule has 0 radical (unpaired) electrons. The van der Waals surface area contributed by atoms with Crippen LogP contribution in [0.2, 0.25) is 0 Å². The topological polar surface area (TPSA) is 178 Å². The number of benzene rings is 5. The zero-order valence-electron chi connectivity index (χ0n) is 44.2. The van der Waals surface area contributed by atoms with Crippen molar-refractivity contribution in [2.24, 2.45) is 0 Å². The van der Waals surface area contributed by atoms with E-state index < -0.39 is 5.97 Å². The lowest BCUT2D eigenvalue weighted by atomic mass is 10.0. The number of nitrogens with zero attached hydrogens (tertiary/aromatic N) is 6. The van der Waals surface area contributed by atoms with E-state index in [0.717, 1.165) is 94.7 Å². The number of ether oxygens (including phenoxy) is 1. The highest BCUT2D eigenvalue weighted by Crippen LogP contribution is 2.35. The first kappa shape index (κ1) is 52.1. The van der Waals surface area contributed by atoms with Gasteiger partial charge < -0.3 is 40.3 Å². The number of anilines is 3. The number of hydrogen-bond acceptors (Lipinski definition) is 9. The van der Waals surface area contributed by atoms with E-state index in [1.54, 1.807) is 18.6 Å². The number of nitrogens with one attached hydrogen (secondary N) is 3. The molecule has 5 aromatic carbocycles. The summed E-state index contributed by atoms with van der Waals surface area (Å²) >= 11 is 0. The van der Waals surface area contributed by atoms with Gasteiger partial charge in [0.05, 0.1) is 16.7 Å². The van der Waals surface area contributed by atoms with Gasteiger partial charge in [0.2, 0.25) is 0 Å². The molecule has 0 atom stereocenters. The van der Waals surface area contributed by atoms with Gasteiger partial charge in [-0.3, -0.25) is 0 Å². The zero-order chi connectivity index (χ0) is 55.4. The molecule has 0 unspecified atom stereocenters. The zero-order valence-corrected chi connectivity index (χ0v) is 44.2. The predicted molar refractivity (Wildman–Crippen MR) is 321 cm³/mol. The molecule has 0 aliphatic heterocycles. The smallest absolute Gasteiger partial charge is 0.382 e. The first-order chi connectivity index (χ1) is 39.0. The molecule has 6 N–H and O–H groups in total. The molecule has 13 heteroatoms. The lowest BCUT2D eigenvalue weighted by molar-refractivity contribution is -0.130. The Morgan fingerprint density at radius 3 is 1.51 bits per heavy atom. The number of aromatic amines is 3. The molecule has 12 rings (SSSR count). The Balaban J connectivity index is 0.000000135. The van der Waals surface area contributed by atoms with Crippen LogP contribution in [0.15, 0.2) is 207 Å². The Labute approximate surface area is 462 Å². The molecule has 7 aromatic heterocycles. The molecular formula is C67H52N10O3. The van der Waals surface area contributed by atoms with Gasteiger partial charge in [-0.05, 0) is 114 Å². The number of hydrogen-bond donors (Lipinski definition) is 5. The van der Waals surface area contributed by atoms with Gasteiger partial charge in [0.15, 0.2) is 0 Å². The van der Waals surface area contributed by atoms with Crippen molar-refractivity contribution in [3.8, 4) is 80.4 Å². The first-order valence-electron chi connectivity index (χ1n) is 25.4. The molecule has 0 aliphatic rings. The minimum atomic E-state index is -1.17. The lowest BCUT2D eigenvalue weighted by Gasteiger charge is -2.12. The van der Waals surface area contributed by atoms with Crippen LogP contribution in [0, 0.1) is 35.5 Å². The predicted octanol–water partition coefficient (Wildman–Crippen LogP) is 12.8. The Morgan fingerprint density at radius 2 is 0.988 bits per heavy atom. The van der Waals surface area contributed by atoms with Crippen LogP contribution in [-0.4, -0.2) is 74.2 Å². The average molecular weight is 1050 g/mol. The maximum Gasteiger partial charge on any atom is 0.382 e. The molecule has 388 valence electrons. The van der Waals surface area contributed by atoms with E-state index in [-0.39, 0.29) is 0 Å². The quantitative estimate of drug-likeness (QED) is 0.0762. The van der Waals surface area contributed by atoms with Crippen LogP contribution >= 0.6 is 0 Å². The van der Waals surface area contributed by atoms with Gasteiger partial charge >= 0.3 is 5.97 Å². The number of nitrogen functional groups attached to an aromatic ring is 1. The van der Waals surface area contributed by atoms with E-state index in [2.05, 4.69) is 141 Å². The van der Waals surface area contributed by atoms with E-state index >= 15 is 0 Å². The van der Waals surface area contributed by atoms with Crippen molar-refractivity contribution >= 4 is 56.1 Å². The third kappa shape index (κ3) is 12.7. The van der Waals surface area contributed by atoms with Crippen LogP contribution in [0.25, 0.3) is 66.5 Å². The summed E-state index contributed by atoms with van der Waals surface area (Å²) in [7, 11) is 8.15. The molecule has 0 fully saturated rings. The van der Waals surface area contributed by atoms with Crippen LogP contribution in [-0.2, 0) is 4.79 Å². The van der Waals surface area contributed by atoms with Gasteiger partial charge in [-0.2, -0.15) is 0 Å². The number of carboxylic acid groups (broad SMARTS) is 1. The van der Waals surface area contributed by atoms with Crippen molar-refractivity contribution in [1.29, 1.82) is 0 Å². The number of carbonyl (C=O) groups is 1. The Kier molecular flexibility index (Phi) is 15.7. The van der Waals surface area contributed by atoms with Crippen molar-refractivity contribution in [2.45, 2.75) is 0 Å². The number of fused-ring (bicyclic) bond motifs is 3. The van der Waals surface area contributed by atoms with Crippen LogP contribution in [0.4, 0.5) is 17.1 Å². The van der Waals surface area contributed by atoms with Gasteiger partial charge in [0.1, 0.15) is 34.1 Å². The highest BCUT2D eigenvalue weighted by atomic mass is 16.5. The van der Waals surface area contributed by atoms with Crippen molar-refractivity contribution in [1.82, 2.24) is 34.9 Å². The van der Waals surface area contributed by atoms with Crippen LogP contribution < -0.4 is 20.3 Å². The minimum absolute atomic E-state index is 0.586. The lowest BCUT2D eigenvalue weighted by Crippen LogP contribution is -2.07. The Morgan fingerprint density at radius 1 is 0.500 bits per heavy atom. The molecule has 7 heterocycles. The van der Waals surface area contributed by atoms with E-state index in [4.69, 9.17) is 15.6 Å². The summed E-state index contributed by atoms with van der Waals surface area (Å²) in [5.74, 6) is 17.8. The van der Waals surface area contributed by atoms with Crippen LogP contribution in [0.5, 0.6) is 11.5 Å². The number of aromatic nitrogens is 7. The van der Waals surface area contributed by atoms with E-state index in [1.807, 2.05) is 156 Å². The van der Waals surface area contributed by atoms with Gasteiger partial charge in [0.25, 0.3) is 0 Å². The number of carboxylic acids is 1. The Hall–Kier alpha value is -11.3. The van der Waals surface area contributed by atoms with Crippen molar-refractivity contribution in [3.63, 3.8) is 0 Å². The van der Waals surface area contributed by atoms with Crippen LogP contribution in [0.1, 0.15) is 27.9 Å². The van der Waals surface area contributed by atoms with E-state index in [0.29, 0.717) is 17.0 Å². The Bertz CT molecular complexity index is 4320. The second-order valence-corrected chi connectivity index (χ2v) is 18.7. The monoisotopic (exact) mass is 1040 g/mol. The average Bonchev–Trinajstić information content (AvgIpc) is 4.36. The van der Waals surface area contributed by atoms with Gasteiger partial charge in [-0.15, -0.1) is 0 Å². The molecule has 0 aliphatic carbocycles. The summed E-state index contributed by atoms with van der Waals surface area (Å²) in [4.78, 5) is 42.0. The van der Waals surface area contributed by atoms with Gasteiger partial charge in [-0.1, -0.05) is 90.4 Å². The van der Waals surface area contributed by atoms with Gasteiger partial charge in [0, 0.05) is 139 Å². The third-order valence-corrected chi connectivity index (χ3v) is 12.7. The molecule has 12 aromatic rings. The summed E-state index contributed by atoms with van der Waals surface area (Å²) in [6.07, 6.45) is 12.7. The number of H-pyrrole nitrogens is 3. The fraction of sp³-hybridized carbons (Fsp3) is 0.0597. The summed E-state index contributed by atoms with van der Waals surface area (Å²) in [5, 5.41) is 11.6. The standard InChI is InChI=1S/C23H20N4.C22H18N4.C22H14N2O3/c1-27(2)21-11-7-17(8-12-21)19-13-22-18(14-25-23(22)26-15-19)6-3-16-4-9-20(24)10-5-16;1-26(2)20-10-7-16(8-11-20)18-13-21-17(14-24-22(21)25-15-18)6-9-19-5-3-4-12-23-19;25-21(26)11-10-15-13-23-22-19(15)12-16(14-24-22)18-8-4-5-9-20(18)27-17-6-2-1-3-7-17/h4-5,7-15H,24H2,1-2H3,(H,25,26);3-5,7-8,10-15H,1-2H3,(H,24,25);1-9,12-14H,(H,23,24)(H,25,26). The van der Waals surface area contributed by atoms with Crippen molar-refractivity contribution in [3.05, 3.63) is 235 Å². The summed E-state index contributed by atoms with van der Waals surface area (Å²) < 4.78 is 6.03. The van der Waals surface area contributed by atoms with E-state index in [9.17, 15) is 4.79 Å². The molecule has 13 nitrogen and oxygen atoms in total. The van der Waals surface area contributed by atoms with Crippen molar-refractivity contribution in [2.75, 3.05) is 43.7 Å². The van der Waals surface area contributed by atoms with Gasteiger partial charge in [-0.25, -0.2) is 24.7 Å². The normalized spacial score (nSPS) is 10.3. The fourth-order valence-electron chi connectivity index (χ4n) is 8.49. The highest BCUT2D eigenvalue weighted by molar-refractivity contribution is 5.92. The number of aliphatic carboxylic acids is 1. The fourth-order valence-corrected chi connectivity index (χ4v) is 8.49. The molecule has 80 heavy (non-hydrogen) atoms. The molecular weight excluding hydrogens is 993 g/mol. The number of rotatable bonds is 7. The second-order valence-electron chi connectivity index (χ2n) is 18.7. The SMILES string of the molecule is CN(C)c1ccc(-c2cnc3[nH]cc(C#Cc4ccc(N)cc4)c3c2)cc1.CN(C)c1ccc(-c2cnc3[nH]cc(C#Cc4ccccn4)c3c2)cc1.O=C(O)C#Cc1c[nH]c2ncc(-c3ccccc3Oc3ccccc3)cc12. The maximum absolute atomic E-state index is 10.7. The highest BCUT2D eigenvalue weighted by Gasteiger charge is 2.12. The number of pyridine rings is 4.